The first-order chi connectivity index (χ1) is 9.41. The zero-order valence-corrected chi connectivity index (χ0v) is 11.1. The van der Waals surface area contributed by atoms with Crippen molar-refractivity contribution in [2.75, 3.05) is 20.1 Å². The molecule has 0 spiro atoms. The average Bonchev–Trinajstić information content (AvgIpc) is 2.46. The maximum atomic E-state index is 12.4. The van der Waals surface area contributed by atoms with E-state index >= 15 is 0 Å². The lowest BCUT2D eigenvalue weighted by Crippen LogP contribution is -2.44. The van der Waals surface area contributed by atoms with E-state index < -0.39 is 11.7 Å². The number of carbonyl (C=O) groups is 1. The van der Waals surface area contributed by atoms with E-state index in [-0.39, 0.29) is 11.6 Å². The average molecular weight is 287 g/mol. The molecule has 0 aliphatic carbocycles. The first-order valence-corrected chi connectivity index (χ1v) is 6.41. The fourth-order valence-electron chi connectivity index (χ4n) is 2.22. The van der Waals surface area contributed by atoms with Crippen LogP contribution in [0.4, 0.5) is 13.2 Å². The van der Waals surface area contributed by atoms with Gasteiger partial charge in [-0.2, -0.15) is 13.2 Å². The Morgan fingerprint density at radius 2 is 2.00 bits per heavy atom. The smallest absolute Gasteiger partial charge is 0.337 e. The second-order valence-electron chi connectivity index (χ2n) is 4.79. The second-order valence-corrected chi connectivity index (χ2v) is 4.79. The van der Waals surface area contributed by atoms with E-state index in [1.54, 1.807) is 4.90 Å². The van der Waals surface area contributed by atoms with Crippen LogP contribution in [0, 0.1) is 0 Å². The molecular weight excluding hydrogens is 271 g/mol. The molecule has 4 nitrogen and oxygen atoms in total. The van der Waals surface area contributed by atoms with Crippen molar-refractivity contribution in [3.8, 4) is 0 Å². The molecule has 1 N–H and O–H groups in total. The number of hydrogen-bond donors (Lipinski definition) is 1. The van der Waals surface area contributed by atoms with Gasteiger partial charge >= 0.3 is 6.18 Å². The molecule has 0 saturated carbocycles. The Morgan fingerprint density at radius 1 is 1.35 bits per heavy atom. The van der Waals surface area contributed by atoms with Crippen molar-refractivity contribution < 1.29 is 18.0 Å². The summed E-state index contributed by atoms with van der Waals surface area (Å²) in [7, 11) is 1.87. The van der Waals surface area contributed by atoms with Gasteiger partial charge in [-0.05, 0) is 32.0 Å². The molecule has 1 aromatic heterocycles. The molecule has 1 aliphatic rings. The summed E-state index contributed by atoms with van der Waals surface area (Å²) in [6.07, 6.45) is -2.06. The summed E-state index contributed by atoms with van der Waals surface area (Å²) in [5.41, 5.74) is -0.788. The van der Waals surface area contributed by atoms with Crippen LogP contribution in [-0.2, 0) is 6.18 Å². The number of piperidine rings is 1. The fraction of sp³-hybridized carbons (Fsp3) is 0.538. The normalized spacial score (nSPS) is 17.3. The molecule has 0 radical (unpaired) electrons. The van der Waals surface area contributed by atoms with E-state index in [9.17, 15) is 18.0 Å². The van der Waals surface area contributed by atoms with Gasteiger partial charge in [0.05, 0.1) is 5.56 Å². The number of carbonyl (C=O) groups excluding carboxylic acids is 1. The van der Waals surface area contributed by atoms with Crippen molar-refractivity contribution in [1.82, 2.24) is 15.2 Å². The summed E-state index contributed by atoms with van der Waals surface area (Å²) >= 11 is 0. The van der Waals surface area contributed by atoms with E-state index in [1.165, 1.54) is 0 Å². The molecule has 1 aliphatic heterocycles. The summed E-state index contributed by atoms with van der Waals surface area (Å²) in [6, 6.07) is 2.41. The van der Waals surface area contributed by atoms with Crippen LogP contribution in [0.5, 0.6) is 0 Å². The summed E-state index contributed by atoms with van der Waals surface area (Å²) in [4.78, 5) is 17.4. The Kier molecular flexibility index (Phi) is 4.27. The van der Waals surface area contributed by atoms with Crippen molar-refractivity contribution in [2.45, 2.75) is 25.1 Å². The summed E-state index contributed by atoms with van der Waals surface area (Å²) < 4.78 is 37.2. The number of nitrogens with one attached hydrogen (secondary N) is 1. The minimum atomic E-state index is -4.43. The van der Waals surface area contributed by atoms with Crippen LogP contribution in [0.1, 0.15) is 28.9 Å². The monoisotopic (exact) mass is 287 g/mol. The molecule has 1 aromatic rings. The largest absolute Gasteiger partial charge is 0.417 e. The zero-order chi connectivity index (χ0) is 14.8. The lowest BCUT2D eigenvalue weighted by Gasteiger charge is -2.31. The molecular formula is C13H16F3N3O. The van der Waals surface area contributed by atoms with Crippen molar-refractivity contribution >= 4 is 5.91 Å². The highest BCUT2D eigenvalue weighted by atomic mass is 19.4. The first-order valence-electron chi connectivity index (χ1n) is 6.41. The maximum Gasteiger partial charge on any atom is 0.417 e. The van der Waals surface area contributed by atoms with Crippen molar-refractivity contribution in [2.24, 2.45) is 0 Å². The Labute approximate surface area is 115 Å². The van der Waals surface area contributed by atoms with Gasteiger partial charge in [0, 0.05) is 25.3 Å². The van der Waals surface area contributed by atoms with E-state index in [0.29, 0.717) is 25.3 Å². The number of halogens is 3. The number of amides is 1. The molecule has 2 rings (SSSR count). The SMILES string of the molecule is CNC1CCN(C(=O)c2ccc(C(F)(F)F)cn2)CC1. The molecule has 0 bridgehead atoms. The number of alkyl halides is 3. The third-order valence-corrected chi connectivity index (χ3v) is 3.50. The van der Waals surface area contributed by atoms with Gasteiger partial charge in [-0.3, -0.25) is 9.78 Å². The molecule has 110 valence electrons. The fourth-order valence-corrected chi connectivity index (χ4v) is 2.22. The Bertz CT molecular complexity index is 465. The van der Waals surface area contributed by atoms with Crippen LogP contribution < -0.4 is 5.32 Å². The number of likely N-dealkylation sites (tertiary alicyclic amines) is 1. The van der Waals surface area contributed by atoms with E-state index in [0.717, 1.165) is 25.0 Å². The Morgan fingerprint density at radius 3 is 2.45 bits per heavy atom. The van der Waals surface area contributed by atoms with Gasteiger partial charge in [0.2, 0.25) is 0 Å². The lowest BCUT2D eigenvalue weighted by molar-refractivity contribution is -0.137. The first kappa shape index (κ1) is 14.8. The topological polar surface area (TPSA) is 45.2 Å². The van der Waals surface area contributed by atoms with Gasteiger partial charge in [-0.25, -0.2) is 0 Å². The predicted molar refractivity (Wildman–Crippen MR) is 67.2 cm³/mol. The number of pyridine rings is 1. The third-order valence-electron chi connectivity index (χ3n) is 3.50. The maximum absolute atomic E-state index is 12.4. The highest BCUT2D eigenvalue weighted by molar-refractivity contribution is 5.92. The van der Waals surface area contributed by atoms with Crippen molar-refractivity contribution in [3.05, 3.63) is 29.6 Å². The van der Waals surface area contributed by atoms with E-state index in [4.69, 9.17) is 0 Å². The van der Waals surface area contributed by atoms with Crippen LogP contribution in [0.25, 0.3) is 0 Å². The number of hydrogen-bond acceptors (Lipinski definition) is 3. The van der Waals surface area contributed by atoms with Gasteiger partial charge in [-0.15, -0.1) is 0 Å². The lowest BCUT2D eigenvalue weighted by atomic mass is 10.0. The number of rotatable bonds is 2. The summed E-state index contributed by atoms with van der Waals surface area (Å²) in [5, 5.41) is 3.15. The standard InChI is InChI=1S/C13H16F3N3O/c1-17-10-4-6-19(7-5-10)12(20)11-3-2-9(8-18-11)13(14,15)16/h2-3,8,10,17H,4-7H2,1H3. The molecule has 1 amide bonds. The van der Waals surface area contributed by atoms with Crippen molar-refractivity contribution in [3.63, 3.8) is 0 Å². The molecule has 0 aromatic carbocycles. The number of nitrogens with zero attached hydrogens (tertiary/aromatic N) is 2. The van der Waals surface area contributed by atoms with Gasteiger partial charge < -0.3 is 10.2 Å². The van der Waals surface area contributed by atoms with Crippen LogP contribution in [0.15, 0.2) is 18.3 Å². The van der Waals surface area contributed by atoms with Gasteiger partial charge in [0.25, 0.3) is 5.91 Å². The second kappa shape index (κ2) is 5.78. The van der Waals surface area contributed by atoms with E-state index in [2.05, 4.69) is 10.3 Å². The molecule has 7 heteroatoms. The highest BCUT2D eigenvalue weighted by Gasteiger charge is 2.31. The molecule has 1 fully saturated rings. The quantitative estimate of drug-likeness (QED) is 0.904. The van der Waals surface area contributed by atoms with Crippen LogP contribution in [0.3, 0.4) is 0 Å². The Hall–Kier alpha value is -1.63. The third kappa shape index (κ3) is 3.27. The predicted octanol–water partition coefficient (Wildman–Crippen LogP) is 1.92. The summed E-state index contributed by atoms with van der Waals surface area (Å²) in [6.45, 7) is 1.18. The Balaban J connectivity index is 2.03. The molecule has 1 saturated heterocycles. The highest BCUT2D eigenvalue weighted by Crippen LogP contribution is 2.28. The summed E-state index contributed by atoms with van der Waals surface area (Å²) in [5.74, 6) is -0.312. The zero-order valence-electron chi connectivity index (χ0n) is 11.1. The number of aromatic nitrogens is 1. The van der Waals surface area contributed by atoms with Gasteiger partial charge in [-0.1, -0.05) is 0 Å². The molecule has 2 heterocycles. The van der Waals surface area contributed by atoms with Crippen LogP contribution >= 0.6 is 0 Å². The minimum Gasteiger partial charge on any atom is -0.337 e. The molecule has 0 atom stereocenters. The van der Waals surface area contributed by atoms with E-state index in [1.807, 2.05) is 7.05 Å². The van der Waals surface area contributed by atoms with Crippen LogP contribution in [-0.4, -0.2) is 42.0 Å². The molecule has 20 heavy (non-hydrogen) atoms. The molecule has 0 unspecified atom stereocenters. The minimum absolute atomic E-state index is 0.0564. The van der Waals surface area contributed by atoms with Crippen LogP contribution in [0.2, 0.25) is 0 Å². The van der Waals surface area contributed by atoms with Gasteiger partial charge in [0.15, 0.2) is 0 Å². The van der Waals surface area contributed by atoms with Crippen molar-refractivity contribution in [1.29, 1.82) is 0 Å². The van der Waals surface area contributed by atoms with Gasteiger partial charge in [0.1, 0.15) is 5.69 Å².